The lowest BCUT2D eigenvalue weighted by molar-refractivity contribution is 0.793. The van der Waals surface area contributed by atoms with E-state index in [1.54, 1.807) is 0 Å². The molecule has 2 nitrogen and oxygen atoms in total. The molecule has 8 aromatic carbocycles. The molecule has 0 heterocycles. The summed E-state index contributed by atoms with van der Waals surface area (Å²) in [7, 11) is 0. The maximum atomic E-state index is 3.52. The van der Waals surface area contributed by atoms with Gasteiger partial charge in [0, 0.05) is 28.4 Å². The third-order valence-corrected chi connectivity index (χ3v) is 11.2. The molecule has 0 unspecified atom stereocenters. The number of benzene rings is 8. The Bertz CT molecular complexity index is 2570. The maximum Gasteiger partial charge on any atom is 0.0726 e. The summed E-state index contributed by atoms with van der Waals surface area (Å²) in [5.41, 5.74) is 20.7. The van der Waals surface area contributed by atoms with E-state index >= 15 is 0 Å². The van der Waals surface area contributed by atoms with Crippen LogP contribution in [-0.4, -0.2) is 0 Å². The van der Waals surface area contributed by atoms with Gasteiger partial charge in [-0.25, -0.2) is 0 Å². The van der Waals surface area contributed by atoms with Crippen molar-refractivity contribution in [1.29, 1.82) is 0 Å². The van der Waals surface area contributed by atoms with Crippen molar-refractivity contribution >= 4 is 28.4 Å². The lowest BCUT2D eigenvalue weighted by atomic mass is 9.70. The van der Waals surface area contributed by atoms with E-state index in [1.165, 1.54) is 66.8 Å². The Balaban J connectivity index is 1.08. The van der Waals surface area contributed by atoms with E-state index in [9.17, 15) is 0 Å². The van der Waals surface area contributed by atoms with Crippen molar-refractivity contribution in [2.24, 2.45) is 0 Å². The molecule has 0 aromatic heterocycles. The van der Waals surface area contributed by atoms with Gasteiger partial charge < -0.3 is 10.2 Å². The molecule has 0 saturated carbocycles. The van der Waals surface area contributed by atoms with Crippen LogP contribution < -0.4 is 10.2 Å². The van der Waals surface area contributed by atoms with Crippen LogP contribution in [0.5, 0.6) is 0 Å². The van der Waals surface area contributed by atoms with Gasteiger partial charge in [-0.15, -0.1) is 0 Å². The minimum absolute atomic E-state index is 0.390. The first kappa shape index (κ1) is 31.1. The Labute approximate surface area is 311 Å². The highest BCUT2D eigenvalue weighted by molar-refractivity contribution is 5.96. The summed E-state index contributed by atoms with van der Waals surface area (Å²) >= 11 is 0. The average molecular weight is 679 g/mol. The Morgan fingerprint density at radius 2 is 0.736 bits per heavy atom. The number of nitrogens with zero attached hydrogens (tertiary/aromatic N) is 1. The highest BCUT2D eigenvalue weighted by atomic mass is 15.1. The van der Waals surface area contributed by atoms with Crippen molar-refractivity contribution < 1.29 is 0 Å². The second-order valence-corrected chi connectivity index (χ2v) is 14.4. The van der Waals surface area contributed by atoms with Crippen LogP contribution >= 0.6 is 0 Å². The number of hydrogen-bond acceptors (Lipinski definition) is 2. The fraction of sp³-hybridized carbons (Fsp3) is 0.0588. The molecule has 0 bridgehead atoms. The topological polar surface area (TPSA) is 15.3 Å². The first-order valence-electron chi connectivity index (χ1n) is 18.4. The van der Waals surface area contributed by atoms with E-state index in [0.717, 1.165) is 28.4 Å². The molecule has 0 amide bonds. The first-order chi connectivity index (χ1) is 26.1. The Morgan fingerprint density at radius 3 is 1.25 bits per heavy atom. The summed E-state index contributed by atoms with van der Waals surface area (Å²) < 4.78 is 0. The molecule has 10 rings (SSSR count). The predicted octanol–water partition coefficient (Wildman–Crippen LogP) is 13.5. The summed E-state index contributed by atoms with van der Waals surface area (Å²) in [6.45, 7) is 4.26. The monoisotopic (exact) mass is 678 g/mol. The minimum Gasteiger partial charge on any atom is -0.356 e. The largest absolute Gasteiger partial charge is 0.356 e. The lowest BCUT2D eigenvalue weighted by Crippen LogP contribution is -2.26. The van der Waals surface area contributed by atoms with Crippen molar-refractivity contribution in [2.75, 3.05) is 10.2 Å². The second kappa shape index (κ2) is 12.3. The van der Waals surface area contributed by atoms with Crippen molar-refractivity contribution in [2.45, 2.75) is 19.3 Å². The number of rotatable bonds is 6. The zero-order chi connectivity index (χ0) is 35.5. The highest BCUT2D eigenvalue weighted by Gasteiger charge is 2.51. The van der Waals surface area contributed by atoms with Gasteiger partial charge in [-0.1, -0.05) is 139 Å². The molecule has 0 atom stereocenters. The van der Waals surface area contributed by atoms with Crippen molar-refractivity contribution in [3.8, 4) is 33.4 Å². The smallest absolute Gasteiger partial charge is 0.0726 e. The van der Waals surface area contributed by atoms with Crippen molar-refractivity contribution in [1.82, 2.24) is 0 Å². The van der Waals surface area contributed by atoms with E-state index < -0.39 is 5.41 Å². The van der Waals surface area contributed by atoms with E-state index in [0.29, 0.717) is 0 Å². The van der Waals surface area contributed by atoms with Gasteiger partial charge in [0.1, 0.15) is 0 Å². The normalized spacial score (nSPS) is 12.9. The van der Waals surface area contributed by atoms with Crippen LogP contribution in [0.2, 0.25) is 0 Å². The summed E-state index contributed by atoms with van der Waals surface area (Å²) in [5.74, 6) is 0. The van der Waals surface area contributed by atoms with Gasteiger partial charge in [0.05, 0.1) is 5.41 Å². The molecule has 0 radical (unpaired) electrons. The number of anilines is 5. The van der Waals surface area contributed by atoms with E-state index in [2.05, 4.69) is 212 Å². The zero-order valence-electron chi connectivity index (χ0n) is 29.8. The van der Waals surface area contributed by atoms with Crippen LogP contribution in [-0.2, 0) is 5.41 Å². The van der Waals surface area contributed by atoms with Gasteiger partial charge in [-0.2, -0.15) is 0 Å². The molecule has 53 heavy (non-hydrogen) atoms. The SMILES string of the molecule is Cc1ccc(Nc2ccc(-c3ccc(N(c4ccc(C)cc4)c4ccc5c(c4)C4(c6ccccc6-c6ccccc64)c4ccccc4-5)cc3)cc2)cc1. The molecule has 2 aliphatic carbocycles. The molecule has 0 aliphatic heterocycles. The number of aryl methyl sites for hydroxylation is 2. The minimum atomic E-state index is -0.390. The van der Waals surface area contributed by atoms with Crippen LogP contribution in [0.1, 0.15) is 33.4 Å². The van der Waals surface area contributed by atoms with Crippen LogP contribution in [0, 0.1) is 13.8 Å². The zero-order valence-corrected chi connectivity index (χ0v) is 29.8. The van der Waals surface area contributed by atoms with Gasteiger partial charge in [0.25, 0.3) is 0 Å². The molecule has 2 aliphatic rings. The van der Waals surface area contributed by atoms with Gasteiger partial charge in [-0.3, -0.25) is 0 Å². The summed E-state index contributed by atoms with van der Waals surface area (Å²) in [6.07, 6.45) is 0. The molecule has 252 valence electrons. The van der Waals surface area contributed by atoms with Crippen LogP contribution in [0.3, 0.4) is 0 Å². The van der Waals surface area contributed by atoms with Gasteiger partial charge in [-0.05, 0) is 130 Å². The standard InChI is InChI=1S/C51H38N2/c1-34-15-23-38(24-16-34)52-39-25-19-36(20-26-39)37-21-29-41(30-22-37)53(40-27-17-35(2)18-28-40)42-31-32-46-45-11-5-8-14-49(45)51(50(46)33-42)47-12-6-3-9-43(47)44-10-4-7-13-48(44)51/h3-33,52H,1-2H3. The van der Waals surface area contributed by atoms with Gasteiger partial charge in [0.15, 0.2) is 0 Å². The number of hydrogen-bond donors (Lipinski definition) is 1. The first-order valence-corrected chi connectivity index (χ1v) is 18.4. The van der Waals surface area contributed by atoms with Crippen LogP contribution in [0.4, 0.5) is 28.4 Å². The Hall–Kier alpha value is -6.64. The lowest BCUT2D eigenvalue weighted by Gasteiger charge is -2.32. The van der Waals surface area contributed by atoms with E-state index in [4.69, 9.17) is 0 Å². The van der Waals surface area contributed by atoms with E-state index in [1.807, 2.05) is 0 Å². The predicted molar refractivity (Wildman–Crippen MR) is 222 cm³/mol. The third kappa shape index (κ3) is 4.94. The van der Waals surface area contributed by atoms with Crippen LogP contribution in [0.15, 0.2) is 188 Å². The van der Waals surface area contributed by atoms with Crippen molar-refractivity contribution in [3.05, 3.63) is 221 Å². The third-order valence-electron chi connectivity index (χ3n) is 11.2. The van der Waals surface area contributed by atoms with Gasteiger partial charge in [0.2, 0.25) is 0 Å². The summed E-state index contributed by atoms with van der Waals surface area (Å²) in [6, 6.07) is 69.2. The van der Waals surface area contributed by atoms with Crippen molar-refractivity contribution in [3.63, 3.8) is 0 Å². The molecule has 1 N–H and O–H groups in total. The Morgan fingerprint density at radius 1 is 0.358 bits per heavy atom. The number of fused-ring (bicyclic) bond motifs is 10. The molecular weight excluding hydrogens is 641 g/mol. The maximum absolute atomic E-state index is 3.52. The molecule has 0 saturated heterocycles. The fourth-order valence-corrected chi connectivity index (χ4v) is 8.72. The summed E-state index contributed by atoms with van der Waals surface area (Å²) in [5, 5.41) is 3.52. The quantitative estimate of drug-likeness (QED) is 0.188. The van der Waals surface area contributed by atoms with Crippen LogP contribution in [0.25, 0.3) is 33.4 Å². The molecule has 1 spiro atoms. The highest BCUT2D eigenvalue weighted by Crippen LogP contribution is 2.63. The van der Waals surface area contributed by atoms with E-state index in [-0.39, 0.29) is 0 Å². The Kier molecular flexibility index (Phi) is 7.19. The molecule has 8 aromatic rings. The number of nitrogens with one attached hydrogen (secondary N) is 1. The molecule has 0 fully saturated rings. The average Bonchev–Trinajstić information content (AvgIpc) is 3.67. The summed E-state index contributed by atoms with van der Waals surface area (Å²) in [4.78, 5) is 2.40. The molecular formula is C51H38N2. The van der Waals surface area contributed by atoms with Gasteiger partial charge >= 0.3 is 0 Å². The second-order valence-electron chi connectivity index (χ2n) is 14.4. The molecule has 2 heteroatoms. The fourth-order valence-electron chi connectivity index (χ4n) is 8.72.